The first-order valence-electron chi connectivity index (χ1n) is 6.36. The van der Waals surface area contributed by atoms with Crippen LogP contribution in [-0.2, 0) is 9.53 Å². The van der Waals surface area contributed by atoms with Gasteiger partial charge < -0.3 is 4.74 Å². The van der Waals surface area contributed by atoms with Gasteiger partial charge in [-0.1, -0.05) is 0 Å². The summed E-state index contributed by atoms with van der Waals surface area (Å²) in [5.41, 5.74) is -0.00454. The van der Waals surface area contributed by atoms with Gasteiger partial charge in [0.15, 0.2) is 0 Å². The van der Waals surface area contributed by atoms with Gasteiger partial charge in [-0.2, -0.15) is 0 Å². The third-order valence-corrected chi connectivity index (χ3v) is 5.31. The van der Waals surface area contributed by atoms with Crippen LogP contribution in [-0.4, -0.2) is 11.6 Å². The van der Waals surface area contributed by atoms with E-state index in [0.29, 0.717) is 11.8 Å². The molecule has 2 nitrogen and oxygen atoms in total. The lowest BCUT2D eigenvalue weighted by Crippen LogP contribution is -2.37. The van der Waals surface area contributed by atoms with E-state index >= 15 is 0 Å². The van der Waals surface area contributed by atoms with Crippen molar-refractivity contribution >= 4 is 5.97 Å². The SMILES string of the molecule is O=C1OC2(CCCC2)C2C3C[CH]C(C3)C12. The summed E-state index contributed by atoms with van der Waals surface area (Å²) in [6.45, 7) is 0. The van der Waals surface area contributed by atoms with Crippen LogP contribution in [0.25, 0.3) is 0 Å². The van der Waals surface area contributed by atoms with Crippen LogP contribution in [0.2, 0.25) is 0 Å². The summed E-state index contributed by atoms with van der Waals surface area (Å²) in [6.07, 6.45) is 9.69. The van der Waals surface area contributed by atoms with Crippen LogP contribution >= 0.6 is 0 Å². The van der Waals surface area contributed by atoms with Crippen LogP contribution in [0.15, 0.2) is 0 Å². The average molecular weight is 205 g/mol. The molecule has 2 bridgehead atoms. The van der Waals surface area contributed by atoms with Crippen LogP contribution in [0.5, 0.6) is 0 Å². The van der Waals surface area contributed by atoms with Crippen molar-refractivity contribution in [3.63, 3.8) is 0 Å². The van der Waals surface area contributed by atoms with E-state index in [9.17, 15) is 4.79 Å². The maximum absolute atomic E-state index is 12.0. The molecule has 3 aliphatic carbocycles. The second kappa shape index (κ2) is 2.58. The van der Waals surface area contributed by atoms with E-state index in [4.69, 9.17) is 4.74 Å². The molecule has 0 aromatic carbocycles. The molecule has 4 atom stereocenters. The minimum Gasteiger partial charge on any atom is -0.459 e. The highest BCUT2D eigenvalue weighted by molar-refractivity contribution is 5.77. The van der Waals surface area contributed by atoms with Crippen molar-refractivity contribution < 1.29 is 9.53 Å². The van der Waals surface area contributed by atoms with E-state index in [1.165, 1.54) is 25.7 Å². The molecule has 81 valence electrons. The molecule has 1 saturated heterocycles. The number of ether oxygens (including phenoxy) is 1. The van der Waals surface area contributed by atoms with Gasteiger partial charge in [-0.25, -0.2) is 0 Å². The first kappa shape index (κ1) is 8.60. The number of hydrogen-bond acceptors (Lipinski definition) is 2. The Morgan fingerprint density at radius 2 is 2.13 bits per heavy atom. The maximum atomic E-state index is 12.0. The topological polar surface area (TPSA) is 26.3 Å². The summed E-state index contributed by atoms with van der Waals surface area (Å²) in [5.74, 6) is 2.30. The second-order valence-electron chi connectivity index (χ2n) is 5.88. The Morgan fingerprint density at radius 1 is 1.33 bits per heavy atom. The third-order valence-electron chi connectivity index (χ3n) is 5.31. The predicted molar refractivity (Wildman–Crippen MR) is 54.8 cm³/mol. The molecule has 0 amide bonds. The molecular formula is C13H17O2. The quantitative estimate of drug-likeness (QED) is 0.567. The fourth-order valence-corrected chi connectivity index (χ4v) is 4.86. The zero-order valence-corrected chi connectivity index (χ0v) is 8.95. The number of rotatable bonds is 0. The molecule has 1 spiro atoms. The molecule has 1 radical (unpaired) electrons. The highest BCUT2D eigenvalue weighted by atomic mass is 16.6. The van der Waals surface area contributed by atoms with Gasteiger partial charge in [0.1, 0.15) is 5.60 Å². The van der Waals surface area contributed by atoms with E-state index in [1.54, 1.807) is 0 Å². The fraction of sp³-hybridized carbons (Fsp3) is 0.846. The monoisotopic (exact) mass is 205 g/mol. The van der Waals surface area contributed by atoms with Crippen molar-refractivity contribution in [2.24, 2.45) is 23.7 Å². The highest BCUT2D eigenvalue weighted by Gasteiger charge is 2.66. The number of carbonyl (C=O) groups is 1. The normalized spacial score (nSPS) is 50.0. The van der Waals surface area contributed by atoms with E-state index < -0.39 is 0 Å². The number of hydrogen-bond donors (Lipinski definition) is 0. The van der Waals surface area contributed by atoms with Gasteiger partial charge in [0, 0.05) is 5.92 Å². The van der Waals surface area contributed by atoms with Crippen LogP contribution in [0.3, 0.4) is 0 Å². The molecule has 2 heteroatoms. The minimum atomic E-state index is -0.00454. The fourth-order valence-electron chi connectivity index (χ4n) is 4.86. The predicted octanol–water partition coefficient (Wildman–Crippen LogP) is 2.33. The summed E-state index contributed by atoms with van der Waals surface area (Å²) in [4.78, 5) is 12.0. The molecule has 4 unspecified atom stereocenters. The Bertz CT molecular complexity index is 316. The third kappa shape index (κ3) is 0.896. The van der Waals surface area contributed by atoms with E-state index in [2.05, 4.69) is 6.42 Å². The van der Waals surface area contributed by atoms with Crippen LogP contribution in [0.1, 0.15) is 38.5 Å². The lowest BCUT2D eigenvalue weighted by Gasteiger charge is -2.33. The molecule has 0 aromatic rings. The summed E-state index contributed by atoms with van der Waals surface area (Å²) in [6, 6.07) is 0. The summed E-state index contributed by atoms with van der Waals surface area (Å²) < 4.78 is 5.80. The van der Waals surface area contributed by atoms with E-state index in [-0.39, 0.29) is 17.5 Å². The van der Waals surface area contributed by atoms with Crippen molar-refractivity contribution in [1.82, 2.24) is 0 Å². The zero-order chi connectivity index (χ0) is 10.0. The zero-order valence-electron chi connectivity index (χ0n) is 8.95. The summed E-state index contributed by atoms with van der Waals surface area (Å²) in [5, 5.41) is 0. The standard InChI is InChI=1S/C13H17O2/c14-12-10-8-3-4-9(7-8)11(10)13(15-12)5-1-2-6-13/h3,8-11H,1-2,4-7H2. The number of carbonyl (C=O) groups excluding carboxylic acids is 1. The molecule has 4 rings (SSSR count). The van der Waals surface area contributed by atoms with Gasteiger partial charge in [-0.15, -0.1) is 0 Å². The molecule has 15 heavy (non-hydrogen) atoms. The molecule has 0 aromatic heterocycles. The van der Waals surface area contributed by atoms with Gasteiger partial charge in [0.2, 0.25) is 0 Å². The molecule has 4 fully saturated rings. The summed E-state index contributed by atoms with van der Waals surface area (Å²) in [7, 11) is 0. The first-order chi connectivity index (χ1) is 7.30. The van der Waals surface area contributed by atoms with Crippen molar-refractivity contribution in [1.29, 1.82) is 0 Å². The average Bonchev–Trinajstić information content (AvgIpc) is 2.93. The molecular weight excluding hydrogens is 188 g/mol. The van der Waals surface area contributed by atoms with Gasteiger partial charge in [-0.05, 0) is 56.8 Å². The van der Waals surface area contributed by atoms with Crippen LogP contribution in [0, 0.1) is 30.1 Å². The smallest absolute Gasteiger partial charge is 0.310 e. The summed E-state index contributed by atoms with van der Waals surface area (Å²) >= 11 is 0. The molecule has 1 aliphatic heterocycles. The first-order valence-corrected chi connectivity index (χ1v) is 6.36. The Hall–Kier alpha value is -0.530. The van der Waals surface area contributed by atoms with E-state index in [0.717, 1.165) is 18.8 Å². The van der Waals surface area contributed by atoms with Crippen molar-refractivity contribution in [2.45, 2.75) is 44.1 Å². The van der Waals surface area contributed by atoms with Crippen LogP contribution < -0.4 is 0 Å². The lowest BCUT2D eigenvalue weighted by atomic mass is 9.71. The second-order valence-corrected chi connectivity index (χ2v) is 5.88. The van der Waals surface area contributed by atoms with Crippen LogP contribution in [0.4, 0.5) is 0 Å². The van der Waals surface area contributed by atoms with E-state index in [1.807, 2.05) is 0 Å². The number of esters is 1. The molecule has 1 heterocycles. The van der Waals surface area contributed by atoms with Crippen molar-refractivity contribution in [3.8, 4) is 0 Å². The van der Waals surface area contributed by atoms with Gasteiger partial charge in [-0.3, -0.25) is 4.79 Å². The van der Waals surface area contributed by atoms with Gasteiger partial charge >= 0.3 is 5.97 Å². The Labute approximate surface area is 90.4 Å². The van der Waals surface area contributed by atoms with Gasteiger partial charge in [0.25, 0.3) is 0 Å². The lowest BCUT2D eigenvalue weighted by molar-refractivity contribution is -0.152. The molecule has 4 aliphatic rings. The van der Waals surface area contributed by atoms with Gasteiger partial charge in [0.05, 0.1) is 5.92 Å². The Balaban J connectivity index is 1.77. The maximum Gasteiger partial charge on any atom is 0.310 e. The minimum absolute atomic E-state index is 0.00454. The Kier molecular flexibility index (Phi) is 1.48. The molecule has 0 N–H and O–H groups in total. The van der Waals surface area contributed by atoms with Crippen molar-refractivity contribution in [2.75, 3.05) is 0 Å². The Morgan fingerprint density at radius 3 is 2.93 bits per heavy atom. The molecule has 3 saturated carbocycles. The van der Waals surface area contributed by atoms with Crippen molar-refractivity contribution in [3.05, 3.63) is 6.42 Å². The number of fused-ring (bicyclic) bond motifs is 6. The largest absolute Gasteiger partial charge is 0.459 e. The highest BCUT2D eigenvalue weighted by Crippen LogP contribution is 2.63.